The Morgan fingerprint density at radius 2 is 2.12 bits per heavy atom. The molecule has 1 aliphatic rings. The van der Waals surface area contributed by atoms with Gasteiger partial charge in [-0.2, -0.15) is 0 Å². The van der Waals surface area contributed by atoms with Gasteiger partial charge in [0.25, 0.3) is 0 Å². The van der Waals surface area contributed by atoms with E-state index in [2.05, 4.69) is 41.4 Å². The average Bonchev–Trinajstić information content (AvgIpc) is 2.84. The van der Waals surface area contributed by atoms with E-state index in [9.17, 15) is 0 Å². The third-order valence-corrected chi connectivity index (χ3v) is 4.30. The maximum atomic E-state index is 4.68. The zero-order chi connectivity index (χ0) is 11.5. The molecule has 0 aliphatic carbocycles. The number of anilines is 1. The summed E-state index contributed by atoms with van der Waals surface area (Å²) in [5.41, 5.74) is 1.18. The Labute approximate surface area is 102 Å². The molecule has 3 nitrogen and oxygen atoms in total. The molecular weight excluding hydrogens is 218 g/mol. The summed E-state index contributed by atoms with van der Waals surface area (Å²) in [5, 5.41) is 6.68. The molecule has 90 valence electrons. The van der Waals surface area contributed by atoms with E-state index in [1.54, 1.807) is 11.3 Å². The van der Waals surface area contributed by atoms with Gasteiger partial charge >= 0.3 is 0 Å². The van der Waals surface area contributed by atoms with Crippen LogP contribution in [0.3, 0.4) is 0 Å². The van der Waals surface area contributed by atoms with E-state index in [0.29, 0.717) is 0 Å². The Morgan fingerprint density at radius 1 is 1.44 bits per heavy atom. The molecule has 2 heterocycles. The molecule has 1 aromatic heterocycles. The highest BCUT2D eigenvalue weighted by atomic mass is 32.1. The van der Waals surface area contributed by atoms with Gasteiger partial charge in [-0.1, -0.05) is 20.8 Å². The lowest BCUT2D eigenvalue weighted by molar-refractivity contribution is 0.494. The normalized spacial score (nSPS) is 25.3. The molecule has 1 aliphatic heterocycles. The van der Waals surface area contributed by atoms with Gasteiger partial charge < -0.3 is 10.2 Å². The van der Waals surface area contributed by atoms with Gasteiger partial charge in [0.2, 0.25) is 0 Å². The van der Waals surface area contributed by atoms with Crippen molar-refractivity contribution in [1.29, 1.82) is 0 Å². The molecule has 1 saturated heterocycles. The van der Waals surface area contributed by atoms with Crippen LogP contribution in [-0.2, 0) is 6.54 Å². The minimum atomic E-state index is 0.793. The number of nitrogens with zero attached hydrogens (tertiary/aromatic N) is 2. The Morgan fingerprint density at radius 3 is 2.75 bits per heavy atom. The van der Waals surface area contributed by atoms with Crippen molar-refractivity contribution in [2.24, 2.45) is 11.8 Å². The van der Waals surface area contributed by atoms with Gasteiger partial charge in [-0.15, -0.1) is 11.3 Å². The van der Waals surface area contributed by atoms with Crippen LogP contribution in [0.25, 0.3) is 0 Å². The molecule has 0 amide bonds. The predicted molar refractivity (Wildman–Crippen MR) is 70.0 cm³/mol. The minimum absolute atomic E-state index is 0.793. The summed E-state index contributed by atoms with van der Waals surface area (Å²) in [6, 6.07) is 0. The van der Waals surface area contributed by atoms with Crippen LogP contribution in [0.15, 0.2) is 5.38 Å². The predicted octanol–water partition coefficient (Wildman–Crippen LogP) is 2.34. The molecular formula is C12H21N3S. The van der Waals surface area contributed by atoms with E-state index in [4.69, 9.17) is 0 Å². The molecule has 1 aromatic rings. The number of thiazole rings is 1. The standard InChI is InChI=1S/C12H21N3S/c1-4-13-5-11-8-16-12(14-11)15-6-9(2)10(3)7-15/h8-10,13H,4-7H2,1-3H3. The van der Waals surface area contributed by atoms with Gasteiger partial charge in [-0.25, -0.2) is 4.98 Å². The third-order valence-electron chi connectivity index (χ3n) is 3.35. The Balaban J connectivity index is 1.97. The van der Waals surface area contributed by atoms with Crippen LogP contribution < -0.4 is 10.2 Å². The molecule has 0 saturated carbocycles. The lowest BCUT2D eigenvalue weighted by atomic mass is 10.0. The van der Waals surface area contributed by atoms with Crippen LogP contribution in [0, 0.1) is 11.8 Å². The summed E-state index contributed by atoms with van der Waals surface area (Å²) >= 11 is 1.78. The summed E-state index contributed by atoms with van der Waals surface area (Å²) in [6.07, 6.45) is 0. The van der Waals surface area contributed by atoms with E-state index in [1.807, 2.05) is 0 Å². The van der Waals surface area contributed by atoms with Crippen LogP contribution in [0.1, 0.15) is 26.5 Å². The maximum absolute atomic E-state index is 4.68. The average molecular weight is 239 g/mol. The number of nitrogens with one attached hydrogen (secondary N) is 1. The zero-order valence-electron chi connectivity index (χ0n) is 10.4. The van der Waals surface area contributed by atoms with Crippen LogP contribution in [0.4, 0.5) is 5.13 Å². The smallest absolute Gasteiger partial charge is 0.185 e. The number of aromatic nitrogens is 1. The summed E-state index contributed by atoms with van der Waals surface area (Å²) in [7, 11) is 0. The topological polar surface area (TPSA) is 28.2 Å². The first-order chi connectivity index (χ1) is 7.70. The molecule has 16 heavy (non-hydrogen) atoms. The van der Waals surface area contributed by atoms with E-state index < -0.39 is 0 Å². The van der Waals surface area contributed by atoms with Crippen molar-refractivity contribution < 1.29 is 0 Å². The molecule has 1 N–H and O–H groups in total. The van der Waals surface area contributed by atoms with Crippen LogP contribution in [-0.4, -0.2) is 24.6 Å². The van der Waals surface area contributed by atoms with Crippen molar-refractivity contribution in [2.45, 2.75) is 27.3 Å². The SMILES string of the molecule is CCNCc1csc(N2CC(C)C(C)C2)n1. The van der Waals surface area contributed by atoms with Crippen molar-refractivity contribution in [2.75, 3.05) is 24.5 Å². The van der Waals surface area contributed by atoms with E-state index in [1.165, 1.54) is 10.8 Å². The third kappa shape index (κ3) is 2.55. The van der Waals surface area contributed by atoms with Gasteiger partial charge in [-0.05, 0) is 18.4 Å². The zero-order valence-corrected chi connectivity index (χ0v) is 11.2. The fraction of sp³-hybridized carbons (Fsp3) is 0.750. The first kappa shape index (κ1) is 11.9. The van der Waals surface area contributed by atoms with Crippen molar-refractivity contribution in [1.82, 2.24) is 10.3 Å². The largest absolute Gasteiger partial charge is 0.348 e. The molecule has 0 radical (unpaired) electrons. The second kappa shape index (κ2) is 5.15. The highest BCUT2D eigenvalue weighted by Crippen LogP contribution is 2.29. The van der Waals surface area contributed by atoms with Crippen LogP contribution in [0.5, 0.6) is 0 Å². The summed E-state index contributed by atoms with van der Waals surface area (Å²) in [5.74, 6) is 1.59. The maximum Gasteiger partial charge on any atom is 0.185 e. The molecule has 2 unspecified atom stereocenters. The molecule has 4 heteroatoms. The second-order valence-electron chi connectivity index (χ2n) is 4.76. The molecule has 1 fully saturated rings. The number of hydrogen-bond donors (Lipinski definition) is 1. The fourth-order valence-electron chi connectivity index (χ4n) is 2.06. The summed E-state index contributed by atoms with van der Waals surface area (Å²) < 4.78 is 0. The lowest BCUT2D eigenvalue weighted by Gasteiger charge is -2.13. The van der Waals surface area contributed by atoms with Gasteiger partial charge in [0.15, 0.2) is 5.13 Å². The van der Waals surface area contributed by atoms with Crippen LogP contribution >= 0.6 is 11.3 Å². The summed E-state index contributed by atoms with van der Waals surface area (Å²) in [6.45, 7) is 11.0. The Kier molecular flexibility index (Phi) is 3.82. The van der Waals surface area contributed by atoms with Gasteiger partial charge in [0.05, 0.1) is 5.69 Å². The lowest BCUT2D eigenvalue weighted by Crippen LogP contribution is -2.19. The Hall–Kier alpha value is -0.610. The van der Waals surface area contributed by atoms with Gasteiger partial charge in [0, 0.05) is 25.0 Å². The first-order valence-electron chi connectivity index (χ1n) is 6.10. The molecule has 2 rings (SSSR count). The van der Waals surface area contributed by atoms with E-state index in [0.717, 1.165) is 38.0 Å². The summed E-state index contributed by atoms with van der Waals surface area (Å²) in [4.78, 5) is 7.11. The second-order valence-corrected chi connectivity index (χ2v) is 5.60. The van der Waals surface area contributed by atoms with Crippen molar-refractivity contribution in [3.8, 4) is 0 Å². The minimum Gasteiger partial charge on any atom is -0.348 e. The van der Waals surface area contributed by atoms with Gasteiger partial charge in [0.1, 0.15) is 0 Å². The highest BCUT2D eigenvalue weighted by Gasteiger charge is 2.27. The van der Waals surface area contributed by atoms with E-state index in [-0.39, 0.29) is 0 Å². The first-order valence-corrected chi connectivity index (χ1v) is 6.98. The number of hydrogen-bond acceptors (Lipinski definition) is 4. The molecule has 0 aromatic carbocycles. The highest BCUT2D eigenvalue weighted by molar-refractivity contribution is 7.13. The molecule has 2 atom stereocenters. The fourth-order valence-corrected chi connectivity index (χ4v) is 2.91. The van der Waals surface area contributed by atoms with Gasteiger partial charge in [-0.3, -0.25) is 0 Å². The quantitative estimate of drug-likeness (QED) is 0.874. The van der Waals surface area contributed by atoms with Crippen molar-refractivity contribution >= 4 is 16.5 Å². The van der Waals surface area contributed by atoms with Crippen LogP contribution in [0.2, 0.25) is 0 Å². The monoisotopic (exact) mass is 239 g/mol. The van der Waals surface area contributed by atoms with E-state index >= 15 is 0 Å². The molecule has 0 bridgehead atoms. The number of rotatable bonds is 4. The molecule has 0 spiro atoms. The van der Waals surface area contributed by atoms with Crippen molar-refractivity contribution in [3.63, 3.8) is 0 Å². The van der Waals surface area contributed by atoms with Crippen molar-refractivity contribution in [3.05, 3.63) is 11.1 Å². The Bertz CT molecular complexity index is 327.